The van der Waals surface area contributed by atoms with Crippen LogP contribution in [0.2, 0.25) is 10.0 Å². The smallest absolute Gasteiger partial charge is 0.0500 e. The minimum Gasteiger partial charge on any atom is -0.261 e. The van der Waals surface area contributed by atoms with Gasteiger partial charge in [0.05, 0.1) is 5.02 Å². The Hall–Kier alpha value is -0.790. The van der Waals surface area contributed by atoms with Gasteiger partial charge < -0.3 is 0 Å². The lowest BCUT2D eigenvalue weighted by molar-refractivity contribution is 1.22. The fourth-order valence-electron chi connectivity index (χ4n) is 1.27. The van der Waals surface area contributed by atoms with Crippen LogP contribution in [0.25, 0.3) is 10.8 Å². The molecule has 0 aliphatic rings. The molecule has 0 aliphatic heterocycles. The molecule has 0 spiro atoms. The van der Waals surface area contributed by atoms with Gasteiger partial charge in [0, 0.05) is 27.7 Å². The predicted molar refractivity (Wildman–Crippen MR) is 56.5 cm³/mol. The van der Waals surface area contributed by atoms with Crippen molar-refractivity contribution in [3.8, 4) is 0 Å². The molecule has 1 heterocycles. The molecule has 2 aromatic rings. The number of hydrogen-bond donors (Lipinski definition) is 0. The lowest BCUT2D eigenvalue weighted by Crippen LogP contribution is -1.82. The van der Waals surface area contributed by atoms with Gasteiger partial charge in [0.25, 0.3) is 0 Å². The van der Waals surface area contributed by atoms with Gasteiger partial charge in [-0.1, -0.05) is 23.2 Å². The molecule has 13 heavy (non-hydrogen) atoms. The number of aryl methyl sites for hydroxylation is 1. The van der Waals surface area contributed by atoms with E-state index in [0.717, 1.165) is 16.5 Å². The number of hydrogen-bond acceptors (Lipinski definition) is 1. The molecule has 0 unspecified atom stereocenters. The Balaban J connectivity index is 2.92. The molecule has 66 valence electrons. The molecule has 1 nitrogen and oxygen atoms in total. The van der Waals surface area contributed by atoms with Gasteiger partial charge in [0.15, 0.2) is 0 Å². The van der Waals surface area contributed by atoms with Crippen molar-refractivity contribution >= 4 is 34.0 Å². The van der Waals surface area contributed by atoms with Crippen molar-refractivity contribution in [1.29, 1.82) is 0 Å². The summed E-state index contributed by atoms with van der Waals surface area (Å²) in [6.07, 6.45) is 1.75. The predicted octanol–water partition coefficient (Wildman–Crippen LogP) is 3.85. The second-order valence-corrected chi connectivity index (χ2v) is 3.71. The highest BCUT2D eigenvalue weighted by Crippen LogP contribution is 2.29. The van der Waals surface area contributed by atoms with Crippen molar-refractivity contribution in [2.24, 2.45) is 0 Å². The van der Waals surface area contributed by atoms with E-state index in [1.807, 2.05) is 13.0 Å². The summed E-state index contributed by atoms with van der Waals surface area (Å²) in [6, 6.07) is 5.51. The molecule has 1 aromatic carbocycles. The topological polar surface area (TPSA) is 12.9 Å². The van der Waals surface area contributed by atoms with Gasteiger partial charge in [-0.2, -0.15) is 0 Å². The largest absolute Gasteiger partial charge is 0.261 e. The van der Waals surface area contributed by atoms with Gasteiger partial charge in [0.1, 0.15) is 0 Å². The molecule has 2 rings (SSSR count). The standard InChI is InChI=1S/C10H7Cl2N/c1-6-4-7-8(5-13-6)10(12)3-2-9(7)11/h2-5H,1H3. The van der Waals surface area contributed by atoms with Crippen LogP contribution in [0.4, 0.5) is 0 Å². The molecule has 0 N–H and O–H groups in total. The van der Waals surface area contributed by atoms with Gasteiger partial charge in [-0.25, -0.2) is 0 Å². The number of rotatable bonds is 0. The van der Waals surface area contributed by atoms with Crippen LogP contribution < -0.4 is 0 Å². The first kappa shape index (κ1) is 8.79. The van der Waals surface area contributed by atoms with Crippen LogP contribution >= 0.6 is 23.2 Å². The summed E-state index contributed by atoms with van der Waals surface area (Å²) in [4.78, 5) is 4.17. The van der Waals surface area contributed by atoms with Crippen molar-refractivity contribution in [3.63, 3.8) is 0 Å². The van der Waals surface area contributed by atoms with Crippen LogP contribution in [0.3, 0.4) is 0 Å². The molecular formula is C10H7Cl2N. The van der Waals surface area contributed by atoms with Gasteiger partial charge in [-0.05, 0) is 25.1 Å². The van der Waals surface area contributed by atoms with Crippen molar-refractivity contribution in [1.82, 2.24) is 4.98 Å². The van der Waals surface area contributed by atoms with E-state index < -0.39 is 0 Å². The molecule has 0 fully saturated rings. The molecule has 0 aliphatic carbocycles. The summed E-state index contributed by atoms with van der Waals surface area (Å²) in [5.74, 6) is 0. The van der Waals surface area contributed by atoms with E-state index in [4.69, 9.17) is 23.2 Å². The molecule has 0 saturated carbocycles. The molecule has 0 atom stereocenters. The van der Waals surface area contributed by atoms with Crippen molar-refractivity contribution in [2.75, 3.05) is 0 Å². The summed E-state index contributed by atoms with van der Waals surface area (Å²) >= 11 is 12.0. The zero-order valence-electron chi connectivity index (χ0n) is 7.01. The lowest BCUT2D eigenvalue weighted by Gasteiger charge is -2.02. The molecule has 0 saturated heterocycles. The molecule has 3 heteroatoms. The van der Waals surface area contributed by atoms with Crippen molar-refractivity contribution in [2.45, 2.75) is 6.92 Å². The van der Waals surface area contributed by atoms with E-state index >= 15 is 0 Å². The Morgan fingerprint density at radius 2 is 1.69 bits per heavy atom. The highest BCUT2D eigenvalue weighted by molar-refractivity contribution is 6.40. The van der Waals surface area contributed by atoms with E-state index in [9.17, 15) is 0 Å². The normalized spacial score (nSPS) is 10.7. The summed E-state index contributed by atoms with van der Waals surface area (Å²) in [5, 5.41) is 3.26. The fraction of sp³-hybridized carbons (Fsp3) is 0.100. The van der Waals surface area contributed by atoms with Crippen LogP contribution in [0.15, 0.2) is 24.4 Å². The van der Waals surface area contributed by atoms with Crippen molar-refractivity contribution < 1.29 is 0 Å². The van der Waals surface area contributed by atoms with Crippen LogP contribution in [0.5, 0.6) is 0 Å². The van der Waals surface area contributed by atoms with Gasteiger partial charge in [-0.15, -0.1) is 0 Å². The Bertz CT molecular complexity index is 466. The minimum absolute atomic E-state index is 0.687. The Kier molecular flexibility index (Phi) is 2.14. The van der Waals surface area contributed by atoms with Gasteiger partial charge >= 0.3 is 0 Å². The van der Waals surface area contributed by atoms with E-state index in [-0.39, 0.29) is 0 Å². The first-order valence-electron chi connectivity index (χ1n) is 3.89. The average molecular weight is 212 g/mol. The highest BCUT2D eigenvalue weighted by Gasteiger charge is 2.03. The minimum atomic E-state index is 0.687. The third kappa shape index (κ3) is 1.50. The Morgan fingerprint density at radius 3 is 2.38 bits per heavy atom. The zero-order chi connectivity index (χ0) is 9.42. The Morgan fingerprint density at radius 1 is 1.08 bits per heavy atom. The summed E-state index contributed by atoms with van der Waals surface area (Å²) in [5.41, 5.74) is 0.941. The first-order valence-corrected chi connectivity index (χ1v) is 4.64. The summed E-state index contributed by atoms with van der Waals surface area (Å²) < 4.78 is 0. The maximum Gasteiger partial charge on any atom is 0.0500 e. The second kappa shape index (κ2) is 3.17. The van der Waals surface area contributed by atoms with E-state index in [1.54, 1.807) is 18.3 Å². The summed E-state index contributed by atoms with van der Waals surface area (Å²) in [6.45, 7) is 1.93. The van der Waals surface area contributed by atoms with Gasteiger partial charge in [-0.3, -0.25) is 4.98 Å². The van der Waals surface area contributed by atoms with E-state index in [1.165, 1.54) is 0 Å². The van der Waals surface area contributed by atoms with Crippen molar-refractivity contribution in [3.05, 3.63) is 40.1 Å². The van der Waals surface area contributed by atoms with Gasteiger partial charge in [0.2, 0.25) is 0 Å². The SMILES string of the molecule is Cc1cc2c(Cl)ccc(Cl)c2cn1. The number of halogens is 2. The summed E-state index contributed by atoms with van der Waals surface area (Å²) in [7, 11) is 0. The second-order valence-electron chi connectivity index (χ2n) is 2.90. The lowest BCUT2D eigenvalue weighted by atomic mass is 10.1. The monoisotopic (exact) mass is 211 g/mol. The molecule has 0 bridgehead atoms. The third-order valence-electron chi connectivity index (χ3n) is 1.93. The number of pyridine rings is 1. The average Bonchev–Trinajstić information content (AvgIpc) is 2.12. The molecule has 0 amide bonds. The molecule has 0 radical (unpaired) electrons. The van der Waals surface area contributed by atoms with E-state index in [0.29, 0.717) is 10.0 Å². The first-order chi connectivity index (χ1) is 6.18. The number of aromatic nitrogens is 1. The number of benzene rings is 1. The highest BCUT2D eigenvalue weighted by atomic mass is 35.5. The van der Waals surface area contributed by atoms with Crippen LogP contribution in [0, 0.1) is 6.92 Å². The maximum absolute atomic E-state index is 6.01. The zero-order valence-corrected chi connectivity index (χ0v) is 8.52. The molecule has 1 aromatic heterocycles. The van der Waals surface area contributed by atoms with Crippen LogP contribution in [0.1, 0.15) is 5.69 Å². The molecular weight excluding hydrogens is 205 g/mol. The quantitative estimate of drug-likeness (QED) is 0.646. The van der Waals surface area contributed by atoms with E-state index in [2.05, 4.69) is 4.98 Å². The maximum atomic E-state index is 6.01. The van der Waals surface area contributed by atoms with Crippen LogP contribution in [-0.2, 0) is 0 Å². The number of fused-ring (bicyclic) bond motifs is 1. The van der Waals surface area contributed by atoms with Crippen LogP contribution in [-0.4, -0.2) is 4.98 Å². The Labute approximate surface area is 86.3 Å². The third-order valence-corrected chi connectivity index (χ3v) is 2.59. The number of nitrogens with zero attached hydrogens (tertiary/aromatic N) is 1. The fourth-order valence-corrected chi connectivity index (χ4v) is 1.71.